The lowest BCUT2D eigenvalue weighted by Gasteiger charge is -2.40. The van der Waals surface area contributed by atoms with Crippen LogP contribution >= 0.6 is 0 Å². The summed E-state index contributed by atoms with van der Waals surface area (Å²) in [6, 6.07) is 0.757. The van der Waals surface area contributed by atoms with E-state index in [1.807, 2.05) is 0 Å². The standard InChI is InChI=1S/C16H23N9O/c17-15-22-13-12(19-8-20-13)14(23-15)24-6-3-11-10(7-24)21-16(26)25(11)9-1-4-18-5-2-9/h8-11,18H,1-7H2,(H,21,26)(H3,17,19,20,22,23). The minimum Gasteiger partial charge on any atom is -0.368 e. The van der Waals surface area contributed by atoms with Crippen molar-refractivity contribution in [1.82, 2.24) is 35.5 Å². The van der Waals surface area contributed by atoms with Crippen LogP contribution in [-0.2, 0) is 0 Å². The first-order chi connectivity index (χ1) is 12.7. The van der Waals surface area contributed by atoms with Crippen LogP contribution in [-0.4, -0.2) is 75.2 Å². The molecule has 5 rings (SSSR count). The predicted molar refractivity (Wildman–Crippen MR) is 96.8 cm³/mol. The number of nitrogens with zero attached hydrogens (tertiary/aromatic N) is 5. The lowest BCUT2D eigenvalue weighted by molar-refractivity contribution is 0.144. The first-order valence-corrected chi connectivity index (χ1v) is 9.22. The fraction of sp³-hybridized carbons (Fsp3) is 0.625. The summed E-state index contributed by atoms with van der Waals surface area (Å²) >= 11 is 0. The van der Waals surface area contributed by atoms with Gasteiger partial charge in [-0.2, -0.15) is 9.97 Å². The molecular weight excluding hydrogens is 334 g/mol. The third-order valence-corrected chi connectivity index (χ3v) is 5.76. The van der Waals surface area contributed by atoms with Gasteiger partial charge in [-0.3, -0.25) is 0 Å². The highest BCUT2D eigenvalue weighted by molar-refractivity contribution is 5.84. The number of carbonyl (C=O) groups excluding carboxylic acids is 1. The minimum absolute atomic E-state index is 0.0719. The van der Waals surface area contributed by atoms with Crippen molar-refractivity contribution in [3.63, 3.8) is 0 Å². The van der Waals surface area contributed by atoms with Crippen LogP contribution in [0.5, 0.6) is 0 Å². The molecule has 0 aliphatic carbocycles. The van der Waals surface area contributed by atoms with Crippen LogP contribution in [0.2, 0.25) is 0 Å². The maximum atomic E-state index is 12.6. The summed E-state index contributed by atoms with van der Waals surface area (Å²) in [4.78, 5) is 32.8. The number of imidazole rings is 1. The number of urea groups is 1. The minimum atomic E-state index is 0.0719. The second-order valence-corrected chi connectivity index (χ2v) is 7.25. The van der Waals surface area contributed by atoms with Gasteiger partial charge < -0.3 is 31.2 Å². The number of carbonyl (C=O) groups is 1. The third kappa shape index (κ3) is 2.44. The van der Waals surface area contributed by atoms with Crippen molar-refractivity contribution >= 4 is 29.0 Å². The molecule has 0 bridgehead atoms. The number of nitrogen functional groups attached to an aromatic ring is 1. The summed E-state index contributed by atoms with van der Waals surface area (Å²) in [6.45, 7) is 3.50. The molecule has 2 aromatic heterocycles. The van der Waals surface area contributed by atoms with E-state index in [4.69, 9.17) is 5.73 Å². The number of nitrogens with one attached hydrogen (secondary N) is 3. The van der Waals surface area contributed by atoms with E-state index >= 15 is 0 Å². The number of H-pyrrole nitrogens is 1. The molecule has 3 fully saturated rings. The fourth-order valence-corrected chi connectivity index (χ4v) is 4.58. The van der Waals surface area contributed by atoms with Crippen LogP contribution in [0.15, 0.2) is 6.33 Å². The van der Waals surface area contributed by atoms with Crippen molar-refractivity contribution in [2.75, 3.05) is 36.8 Å². The second-order valence-electron chi connectivity index (χ2n) is 7.25. The van der Waals surface area contributed by atoms with E-state index in [0.717, 1.165) is 50.2 Å². The molecule has 5 N–H and O–H groups in total. The molecule has 2 amide bonds. The number of amides is 2. The summed E-state index contributed by atoms with van der Waals surface area (Å²) in [5.41, 5.74) is 7.21. The highest BCUT2D eigenvalue weighted by atomic mass is 16.2. The first-order valence-electron chi connectivity index (χ1n) is 9.22. The Morgan fingerprint density at radius 1 is 1.19 bits per heavy atom. The van der Waals surface area contributed by atoms with Crippen LogP contribution in [0.1, 0.15) is 19.3 Å². The van der Waals surface area contributed by atoms with E-state index in [1.54, 1.807) is 6.33 Å². The topological polar surface area (TPSA) is 128 Å². The van der Waals surface area contributed by atoms with Crippen molar-refractivity contribution in [2.24, 2.45) is 0 Å². The van der Waals surface area contributed by atoms with Gasteiger partial charge >= 0.3 is 6.03 Å². The number of aromatic nitrogens is 4. The molecule has 2 unspecified atom stereocenters. The molecule has 10 heteroatoms. The molecule has 0 aromatic carbocycles. The zero-order chi connectivity index (χ0) is 17.7. The van der Waals surface area contributed by atoms with E-state index < -0.39 is 0 Å². The van der Waals surface area contributed by atoms with E-state index in [-0.39, 0.29) is 24.1 Å². The Morgan fingerprint density at radius 2 is 2.04 bits per heavy atom. The third-order valence-electron chi connectivity index (χ3n) is 5.76. The Labute approximate surface area is 150 Å². The Bertz CT molecular complexity index is 830. The number of rotatable bonds is 2. The van der Waals surface area contributed by atoms with Crippen LogP contribution in [0, 0.1) is 0 Å². The summed E-state index contributed by atoms with van der Waals surface area (Å²) in [5, 5.41) is 6.56. The molecule has 2 atom stereocenters. The van der Waals surface area contributed by atoms with Gasteiger partial charge in [0, 0.05) is 19.1 Å². The molecule has 2 aromatic rings. The molecule has 3 aliphatic heterocycles. The zero-order valence-electron chi connectivity index (χ0n) is 14.5. The van der Waals surface area contributed by atoms with Crippen LogP contribution < -0.4 is 21.3 Å². The Morgan fingerprint density at radius 3 is 2.88 bits per heavy atom. The van der Waals surface area contributed by atoms with Gasteiger partial charge in [0.05, 0.1) is 18.4 Å². The monoisotopic (exact) mass is 357 g/mol. The summed E-state index contributed by atoms with van der Waals surface area (Å²) in [5.74, 6) is 0.978. The Balaban J connectivity index is 1.39. The zero-order valence-corrected chi connectivity index (χ0v) is 14.5. The van der Waals surface area contributed by atoms with Gasteiger partial charge in [0.25, 0.3) is 0 Å². The van der Waals surface area contributed by atoms with Crippen LogP contribution in [0.25, 0.3) is 11.2 Å². The highest BCUT2D eigenvalue weighted by Crippen LogP contribution is 2.31. The van der Waals surface area contributed by atoms with Gasteiger partial charge in [0.15, 0.2) is 11.5 Å². The van der Waals surface area contributed by atoms with Crippen molar-refractivity contribution in [2.45, 2.75) is 37.4 Å². The molecule has 0 saturated carbocycles. The number of aromatic amines is 1. The van der Waals surface area contributed by atoms with Crippen molar-refractivity contribution in [3.8, 4) is 0 Å². The van der Waals surface area contributed by atoms with Crippen molar-refractivity contribution in [3.05, 3.63) is 6.33 Å². The molecule has 138 valence electrons. The number of hydrogen-bond acceptors (Lipinski definition) is 7. The second kappa shape index (κ2) is 5.97. The Kier molecular flexibility index (Phi) is 3.59. The van der Waals surface area contributed by atoms with Crippen molar-refractivity contribution in [1.29, 1.82) is 0 Å². The van der Waals surface area contributed by atoms with Gasteiger partial charge in [-0.15, -0.1) is 0 Å². The summed E-state index contributed by atoms with van der Waals surface area (Å²) in [7, 11) is 0. The molecule has 26 heavy (non-hydrogen) atoms. The number of hydrogen-bond donors (Lipinski definition) is 4. The molecule has 5 heterocycles. The molecule has 10 nitrogen and oxygen atoms in total. The van der Waals surface area contributed by atoms with Crippen LogP contribution in [0.3, 0.4) is 0 Å². The summed E-state index contributed by atoms with van der Waals surface area (Å²) < 4.78 is 0. The number of nitrogens with two attached hydrogens (primary N) is 1. The highest BCUT2D eigenvalue weighted by Gasteiger charge is 2.45. The normalized spacial score (nSPS) is 27.0. The number of anilines is 2. The van der Waals surface area contributed by atoms with E-state index in [2.05, 4.69) is 40.4 Å². The number of fused-ring (bicyclic) bond motifs is 2. The lowest BCUT2D eigenvalue weighted by Crippen LogP contribution is -2.54. The predicted octanol–water partition coefficient (Wildman–Crippen LogP) is -0.340. The quantitative estimate of drug-likeness (QED) is 0.579. The lowest BCUT2D eigenvalue weighted by atomic mass is 9.96. The fourth-order valence-electron chi connectivity index (χ4n) is 4.58. The van der Waals surface area contributed by atoms with Crippen LogP contribution in [0.4, 0.5) is 16.6 Å². The van der Waals surface area contributed by atoms with Gasteiger partial charge in [-0.25, -0.2) is 9.78 Å². The average Bonchev–Trinajstić information content (AvgIpc) is 3.24. The molecule has 0 radical (unpaired) electrons. The first kappa shape index (κ1) is 15.6. The van der Waals surface area contributed by atoms with E-state index in [0.29, 0.717) is 18.2 Å². The van der Waals surface area contributed by atoms with Gasteiger partial charge in [-0.1, -0.05) is 0 Å². The maximum Gasteiger partial charge on any atom is 0.318 e. The van der Waals surface area contributed by atoms with Gasteiger partial charge in [-0.05, 0) is 32.4 Å². The largest absolute Gasteiger partial charge is 0.368 e. The van der Waals surface area contributed by atoms with E-state index in [1.165, 1.54) is 0 Å². The molecular formula is C16H23N9O. The molecule has 3 saturated heterocycles. The van der Waals surface area contributed by atoms with Gasteiger partial charge in [0.1, 0.15) is 5.52 Å². The average molecular weight is 357 g/mol. The smallest absolute Gasteiger partial charge is 0.318 e. The molecule has 0 spiro atoms. The van der Waals surface area contributed by atoms with Gasteiger partial charge in [0.2, 0.25) is 5.95 Å². The summed E-state index contributed by atoms with van der Waals surface area (Å²) in [6.07, 6.45) is 4.56. The maximum absolute atomic E-state index is 12.6. The Hall–Kier alpha value is -2.62. The van der Waals surface area contributed by atoms with E-state index in [9.17, 15) is 4.79 Å². The SMILES string of the molecule is Nc1nc(N2CCC3C(C2)NC(=O)N3C2CCNCC2)c2[nH]cnc2n1. The molecule has 3 aliphatic rings. The number of piperidine rings is 2. The van der Waals surface area contributed by atoms with Crippen molar-refractivity contribution < 1.29 is 4.79 Å².